The quantitative estimate of drug-likeness (QED) is 0.857. The smallest absolute Gasteiger partial charge is 0.288 e. The highest BCUT2D eigenvalue weighted by Gasteiger charge is 2.42. The van der Waals surface area contributed by atoms with Gasteiger partial charge in [0, 0.05) is 51.3 Å². The van der Waals surface area contributed by atoms with Crippen molar-refractivity contribution >= 4 is 11.9 Å². The van der Waals surface area contributed by atoms with Gasteiger partial charge in [-0.2, -0.15) is 9.49 Å². The number of nitrogens with zero attached hydrogens (tertiary/aromatic N) is 5. The highest BCUT2D eigenvalue weighted by atomic mass is 19.1. The van der Waals surface area contributed by atoms with Gasteiger partial charge in [-0.05, 0) is 12.5 Å². The highest BCUT2D eigenvalue weighted by Crippen LogP contribution is 2.33. The molecule has 9 heteroatoms. The number of anilines is 1. The zero-order valence-electron chi connectivity index (χ0n) is 14.8. The number of aryl methyl sites for hydroxylation is 2. The molecule has 0 saturated carbocycles. The van der Waals surface area contributed by atoms with Crippen molar-refractivity contribution in [2.45, 2.75) is 13.3 Å². The number of halogens is 1. The molecule has 138 valence electrons. The Labute approximate surface area is 149 Å². The maximum Gasteiger partial charge on any atom is 0.288 e. The molecule has 1 amide bonds. The van der Waals surface area contributed by atoms with Crippen LogP contribution in [0.25, 0.3) is 0 Å². The molecule has 8 nitrogen and oxygen atoms in total. The number of amides is 1. The molecule has 4 rings (SSSR count). The van der Waals surface area contributed by atoms with Crippen molar-refractivity contribution in [1.82, 2.24) is 24.6 Å². The molecule has 2 unspecified atom stereocenters. The second-order valence-corrected chi connectivity index (χ2v) is 7.01. The van der Waals surface area contributed by atoms with Crippen LogP contribution in [0.15, 0.2) is 17.1 Å². The molecule has 2 aromatic rings. The number of hydrogen-bond donors (Lipinski definition) is 1. The predicted molar refractivity (Wildman–Crippen MR) is 92.5 cm³/mol. The Morgan fingerprint density at radius 1 is 1.31 bits per heavy atom. The highest BCUT2D eigenvalue weighted by molar-refractivity contribution is 5.92. The standard InChI is InChI=1S/C17H21FN6O2/c1-3-12-14(18)15(25)20-17(19-12)24-8-10-6-23(7-11(10)9-24)16(26)13-4-5-22(2)21-13/h4-5,10-11H,3,6-9H2,1-2H3,(H,19,20,25). The van der Waals surface area contributed by atoms with Crippen LogP contribution < -0.4 is 10.5 Å². The van der Waals surface area contributed by atoms with E-state index in [4.69, 9.17) is 0 Å². The molecule has 0 bridgehead atoms. The summed E-state index contributed by atoms with van der Waals surface area (Å²) in [5, 5.41) is 4.18. The monoisotopic (exact) mass is 360 g/mol. The van der Waals surface area contributed by atoms with Crippen LogP contribution in [0, 0.1) is 17.7 Å². The number of aromatic amines is 1. The fourth-order valence-corrected chi connectivity index (χ4v) is 3.90. The summed E-state index contributed by atoms with van der Waals surface area (Å²) in [5.74, 6) is 0.187. The number of aromatic nitrogens is 4. The molecule has 0 spiro atoms. The molecule has 0 aliphatic carbocycles. The molecule has 26 heavy (non-hydrogen) atoms. The van der Waals surface area contributed by atoms with E-state index in [-0.39, 0.29) is 11.6 Å². The van der Waals surface area contributed by atoms with E-state index in [0.717, 1.165) is 0 Å². The normalized spacial score (nSPS) is 22.1. The Morgan fingerprint density at radius 3 is 2.58 bits per heavy atom. The Hall–Kier alpha value is -2.71. The molecule has 2 saturated heterocycles. The van der Waals surface area contributed by atoms with Crippen LogP contribution >= 0.6 is 0 Å². The van der Waals surface area contributed by atoms with Gasteiger partial charge in [0.05, 0.1) is 5.69 Å². The van der Waals surface area contributed by atoms with Gasteiger partial charge in [0.2, 0.25) is 11.8 Å². The first kappa shape index (κ1) is 16.7. The lowest BCUT2D eigenvalue weighted by atomic mass is 10.0. The lowest BCUT2D eigenvalue weighted by Crippen LogP contribution is -2.34. The van der Waals surface area contributed by atoms with Crippen LogP contribution in [0.4, 0.5) is 10.3 Å². The van der Waals surface area contributed by atoms with Crippen molar-refractivity contribution in [1.29, 1.82) is 0 Å². The molecule has 0 aromatic carbocycles. The molecule has 2 aromatic heterocycles. The Bertz CT molecular complexity index is 893. The molecule has 0 radical (unpaired) electrons. The third kappa shape index (κ3) is 2.77. The average molecular weight is 360 g/mol. The first-order valence-corrected chi connectivity index (χ1v) is 8.78. The van der Waals surface area contributed by atoms with Crippen LogP contribution in [-0.2, 0) is 13.5 Å². The Balaban J connectivity index is 1.46. The van der Waals surface area contributed by atoms with Gasteiger partial charge in [0.15, 0.2) is 0 Å². The fraction of sp³-hybridized carbons (Fsp3) is 0.529. The first-order valence-electron chi connectivity index (χ1n) is 8.78. The van der Waals surface area contributed by atoms with E-state index in [2.05, 4.69) is 15.1 Å². The number of rotatable bonds is 3. The number of carbonyl (C=O) groups is 1. The summed E-state index contributed by atoms with van der Waals surface area (Å²) in [5.41, 5.74) is -0.0786. The number of fused-ring (bicyclic) bond motifs is 1. The SMILES string of the molecule is CCc1nc(N2CC3CN(C(=O)c4ccn(C)n4)CC3C2)[nH]c(=O)c1F. The van der Waals surface area contributed by atoms with E-state index in [0.29, 0.717) is 56.1 Å². The van der Waals surface area contributed by atoms with E-state index in [1.54, 1.807) is 30.9 Å². The van der Waals surface area contributed by atoms with Crippen molar-refractivity contribution in [3.8, 4) is 0 Å². The number of nitrogens with one attached hydrogen (secondary N) is 1. The van der Waals surface area contributed by atoms with Crippen LogP contribution in [0.1, 0.15) is 23.1 Å². The minimum Gasteiger partial charge on any atom is -0.342 e. The van der Waals surface area contributed by atoms with Gasteiger partial charge >= 0.3 is 0 Å². The summed E-state index contributed by atoms with van der Waals surface area (Å²) in [6, 6.07) is 1.72. The topological polar surface area (TPSA) is 87.1 Å². The summed E-state index contributed by atoms with van der Waals surface area (Å²) >= 11 is 0. The van der Waals surface area contributed by atoms with E-state index < -0.39 is 11.4 Å². The van der Waals surface area contributed by atoms with Crippen LogP contribution in [-0.4, -0.2) is 56.7 Å². The van der Waals surface area contributed by atoms with Gasteiger partial charge in [-0.1, -0.05) is 6.92 Å². The van der Waals surface area contributed by atoms with Crippen LogP contribution in [0.3, 0.4) is 0 Å². The summed E-state index contributed by atoms with van der Waals surface area (Å²) < 4.78 is 15.3. The lowest BCUT2D eigenvalue weighted by molar-refractivity contribution is 0.0776. The lowest BCUT2D eigenvalue weighted by Gasteiger charge is -2.22. The fourth-order valence-electron chi connectivity index (χ4n) is 3.90. The third-order valence-electron chi connectivity index (χ3n) is 5.26. The maximum absolute atomic E-state index is 13.7. The number of H-pyrrole nitrogens is 1. The summed E-state index contributed by atoms with van der Waals surface area (Å²) in [7, 11) is 1.79. The van der Waals surface area contributed by atoms with E-state index in [1.807, 2.05) is 9.80 Å². The van der Waals surface area contributed by atoms with Crippen molar-refractivity contribution in [3.05, 3.63) is 39.8 Å². The van der Waals surface area contributed by atoms with Gasteiger partial charge in [0.25, 0.3) is 11.5 Å². The first-order chi connectivity index (χ1) is 12.5. The van der Waals surface area contributed by atoms with Crippen molar-refractivity contribution in [3.63, 3.8) is 0 Å². The molecule has 4 heterocycles. The van der Waals surface area contributed by atoms with Crippen LogP contribution in [0.5, 0.6) is 0 Å². The van der Waals surface area contributed by atoms with E-state index >= 15 is 0 Å². The zero-order valence-corrected chi connectivity index (χ0v) is 14.8. The van der Waals surface area contributed by atoms with E-state index in [1.165, 1.54) is 0 Å². The minimum absolute atomic E-state index is 0.0480. The van der Waals surface area contributed by atoms with Gasteiger partial charge < -0.3 is 9.80 Å². The Morgan fingerprint density at radius 2 is 2.00 bits per heavy atom. The van der Waals surface area contributed by atoms with Crippen molar-refractivity contribution in [2.24, 2.45) is 18.9 Å². The summed E-state index contributed by atoms with van der Waals surface area (Å²) in [6.07, 6.45) is 2.13. The number of carbonyl (C=O) groups excluding carboxylic acids is 1. The zero-order chi connectivity index (χ0) is 18.4. The number of hydrogen-bond acceptors (Lipinski definition) is 5. The molecular weight excluding hydrogens is 339 g/mol. The summed E-state index contributed by atoms with van der Waals surface area (Å²) in [6.45, 7) is 4.46. The molecule has 2 atom stereocenters. The maximum atomic E-state index is 13.7. The molecule has 2 aliphatic rings. The molecule has 1 N–H and O–H groups in total. The van der Waals surface area contributed by atoms with Crippen molar-refractivity contribution in [2.75, 3.05) is 31.1 Å². The van der Waals surface area contributed by atoms with Gasteiger partial charge in [-0.25, -0.2) is 4.98 Å². The Kier molecular flexibility index (Phi) is 4.01. The average Bonchev–Trinajstić information content (AvgIpc) is 3.30. The van der Waals surface area contributed by atoms with Crippen molar-refractivity contribution < 1.29 is 9.18 Å². The van der Waals surface area contributed by atoms with Gasteiger partial charge in [-0.3, -0.25) is 19.3 Å². The molecule has 2 aliphatic heterocycles. The third-order valence-corrected chi connectivity index (χ3v) is 5.26. The van der Waals surface area contributed by atoms with Gasteiger partial charge in [-0.15, -0.1) is 0 Å². The predicted octanol–water partition coefficient (Wildman–Crippen LogP) is 0.413. The largest absolute Gasteiger partial charge is 0.342 e. The second kappa shape index (κ2) is 6.22. The minimum atomic E-state index is -0.803. The second-order valence-electron chi connectivity index (χ2n) is 7.01. The van der Waals surface area contributed by atoms with Crippen LogP contribution in [0.2, 0.25) is 0 Å². The molecular formula is C17H21FN6O2. The number of likely N-dealkylation sites (tertiary alicyclic amines) is 1. The molecule has 2 fully saturated rings. The van der Waals surface area contributed by atoms with E-state index in [9.17, 15) is 14.0 Å². The summed E-state index contributed by atoms with van der Waals surface area (Å²) in [4.78, 5) is 34.9. The van der Waals surface area contributed by atoms with Gasteiger partial charge in [0.1, 0.15) is 5.69 Å².